The van der Waals surface area contributed by atoms with Crippen LogP contribution in [0.1, 0.15) is 73.9 Å². The Balaban J connectivity index is 1.37. The predicted octanol–water partition coefficient (Wildman–Crippen LogP) is 7.03. The van der Waals surface area contributed by atoms with Gasteiger partial charge in [0.15, 0.2) is 0 Å². The van der Waals surface area contributed by atoms with Crippen LogP contribution in [-0.4, -0.2) is 16.2 Å². The van der Waals surface area contributed by atoms with Crippen molar-refractivity contribution in [3.63, 3.8) is 0 Å². The summed E-state index contributed by atoms with van der Waals surface area (Å²) in [5, 5.41) is 19.5. The summed E-state index contributed by atoms with van der Waals surface area (Å²) in [6, 6.07) is 20.9. The molecule has 36 heavy (non-hydrogen) atoms. The standard InChI is InChI=1S/C31H33NO4/c1-28-14-29(2)16-30(15-28,19-31(17-28,18-29)21-9-12-25(33)24(32)13-21)20-7-10-22(11-8-20)36-26-6-4-3-5-23(26)27(34)35/h3-13,33H,14-19,32H2,1-2H3,(H,34,35). The number of rotatable bonds is 5. The van der Waals surface area contributed by atoms with Crippen LogP contribution in [0.15, 0.2) is 66.7 Å². The second-order valence-corrected chi connectivity index (χ2v) is 12.4. The Morgan fingerprint density at radius 1 is 0.806 bits per heavy atom. The molecule has 4 saturated carbocycles. The number of ether oxygens (including phenoxy) is 1. The molecule has 186 valence electrons. The van der Waals surface area contributed by atoms with E-state index in [9.17, 15) is 15.0 Å². The molecule has 4 N–H and O–H groups in total. The maximum absolute atomic E-state index is 11.6. The molecule has 2 atom stereocenters. The third-order valence-corrected chi connectivity index (χ3v) is 9.04. The molecule has 4 bridgehead atoms. The van der Waals surface area contributed by atoms with Crippen LogP contribution in [-0.2, 0) is 10.8 Å². The highest BCUT2D eigenvalue weighted by Crippen LogP contribution is 2.74. The Hall–Kier alpha value is -3.47. The van der Waals surface area contributed by atoms with Gasteiger partial charge in [0.1, 0.15) is 22.8 Å². The lowest BCUT2D eigenvalue weighted by Crippen LogP contribution is -2.62. The number of aromatic carboxylic acids is 1. The molecule has 5 heteroatoms. The van der Waals surface area contributed by atoms with Gasteiger partial charge in [0.25, 0.3) is 0 Å². The Kier molecular flexibility index (Phi) is 4.79. The van der Waals surface area contributed by atoms with Gasteiger partial charge in [-0.05, 0) is 108 Å². The van der Waals surface area contributed by atoms with Crippen LogP contribution < -0.4 is 10.5 Å². The maximum Gasteiger partial charge on any atom is 0.339 e. The Bertz CT molecular complexity index is 1340. The number of phenols is 1. The van der Waals surface area contributed by atoms with Gasteiger partial charge in [-0.25, -0.2) is 4.79 Å². The fraction of sp³-hybridized carbons (Fsp3) is 0.387. The molecule has 0 radical (unpaired) electrons. The van der Waals surface area contributed by atoms with Gasteiger partial charge < -0.3 is 20.7 Å². The molecule has 0 heterocycles. The lowest BCUT2D eigenvalue weighted by molar-refractivity contribution is -0.126. The Labute approximate surface area is 211 Å². The Morgan fingerprint density at radius 3 is 2.00 bits per heavy atom. The molecule has 0 aromatic heterocycles. The van der Waals surface area contributed by atoms with Gasteiger partial charge in [0.2, 0.25) is 0 Å². The number of anilines is 1. The van der Waals surface area contributed by atoms with Crippen LogP contribution >= 0.6 is 0 Å². The first-order chi connectivity index (χ1) is 17.0. The number of para-hydroxylation sites is 1. The fourth-order valence-electron chi connectivity index (χ4n) is 8.93. The normalized spacial score (nSPS) is 32.4. The molecule has 3 aromatic rings. The van der Waals surface area contributed by atoms with Crippen molar-refractivity contribution in [1.29, 1.82) is 0 Å². The summed E-state index contributed by atoms with van der Waals surface area (Å²) in [6.07, 6.45) is 6.92. The topological polar surface area (TPSA) is 92.8 Å². The molecule has 5 nitrogen and oxygen atoms in total. The minimum atomic E-state index is -1.00. The van der Waals surface area contributed by atoms with E-state index in [1.807, 2.05) is 18.2 Å². The zero-order valence-corrected chi connectivity index (χ0v) is 20.9. The number of carboxylic acids is 1. The van der Waals surface area contributed by atoms with Crippen molar-refractivity contribution in [2.45, 2.75) is 63.2 Å². The van der Waals surface area contributed by atoms with E-state index in [-0.39, 0.29) is 33.0 Å². The summed E-state index contributed by atoms with van der Waals surface area (Å²) in [5.74, 6) is 0.125. The van der Waals surface area contributed by atoms with E-state index < -0.39 is 5.97 Å². The van der Waals surface area contributed by atoms with Crippen molar-refractivity contribution in [3.8, 4) is 17.2 Å². The second kappa shape index (κ2) is 7.52. The molecule has 3 aromatic carbocycles. The SMILES string of the molecule is CC12CC3(C)CC(c4ccc(Oc5ccccc5C(=O)O)cc4)(C1)CC(c1ccc(O)c(N)c1)(C2)C3. The van der Waals surface area contributed by atoms with Crippen LogP contribution in [0.25, 0.3) is 0 Å². The van der Waals surface area contributed by atoms with E-state index in [4.69, 9.17) is 10.5 Å². The van der Waals surface area contributed by atoms with Gasteiger partial charge >= 0.3 is 5.97 Å². The van der Waals surface area contributed by atoms with Gasteiger partial charge in [-0.3, -0.25) is 0 Å². The van der Waals surface area contributed by atoms with E-state index in [0.29, 0.717) is 17.2 Å². The number of phenolic OH excluding ortho intramolecular Hbond substituents is 1. The highest BCUT2D eigenvalue weighted by molar-refractivity contribution is 5.90. The van der Waals surface area contributed by atoms with Crippen LogP contribution in [0.3, 0.4) is 0 Å². The number of carbonyl (C=O) groups is 1. The van der Waals surface area contributed by atoms with Gasteiger partial charge in [0, 0.05) is 0 Å². The molecule has 0 saturated heterocycles. The summed E-state index contributed by atoms with van der Waals surface area (Å²) < 4.78 is 5.98. The molecule has 4 aliphatic rings. The molecule has 4 aliphatic carbocycles. The average Bonchev–Trinajstić information content (AvgIpc) is 2.79. The minimum absolute atomic E-state index is 0.0374. The number of hydrogen-bond donors (Lipinski definition) is 3. The summed E-state index contributed by atoms with van der Waals surface area (Å²) >= 11 is 0. The van der Waals surface area contributed by atoms with Gasteiger partial charge in [-0.15, -0.1) is 0 Å². The summed E-state index contributed by atoms with van der Waals surface area (Å²) in [5.41, 5.74) is 9.92. The van der Waals surface area contributed by atoms with Crippen molar-refractivity contribution in [1.82, 2.24) is 0 Å². The van der Waals surface area contributed by atoms with Crippen molar-refractivity contribution < 1.29 is 19.7 Å². The van der Waals surface area contributed by atoms with Crippen molar-refractivity contribution >= 4 is 11.7 Å². The van der Waals surface area contributed by atoms with E-state index in [2.05, 4.69) is 32.0 Å². The first-order valence-electron chi connectivity index (χ1n) is 12.7. The van der Waals surface area contributed by atoms with Crippen LogP contribution in [0.4, 0.5) is 5.69 Å². The summed E-state index contributed by atoms with van der Waals surface area (Å²) in [7, 11) is 0. The van der Waals surface area contributed by atoms with E-state index >= 15 is 0 Å². The lowest BCUT2D eigenvalue weighted by atomic mass is 9.34. The van der Waals surface area contributed by atoms with E-state index in [1.54, 1.807) is 30.3 Å². The number of hydrogen-bond acceptors (Lipinski definition) is 4. The van der Waals surface area contributed by atoms with E-state index in [0.717, 1.165) is 32.1 Å². The average molecular weight is 484 g/mol. The number of benzene rings is 3. The molecule has 0 spiro atoms. The van der Waals surface area contributed by atoms with Gasteiger partial charge in [-0.1, -0.05) is 44.2 Å². The number of carboxylic acid groups (broad SMARTS) is 1. The van der Waals surface area contributed by atoms with Gasteiger partial charge in [-0.2, -0.15) is 0 Å². The minimum Gasteiger partial charge on any atom is -0.506 e. The van der Waals surface area contributed by atoms with Crippen LogP contribution in [0.5, 0.6) is 17.2 Å². The molecular weight excluding hydrogens is 450 g/mol. The number of aromatic hydroxyl groups is 1. The number of nitrogens with two attached hydrogens (primary N) is 1. The van der Waals surface area contributed by atoms with Crippen molar-refractivity contribution in [3.05, 3.63) is 83.4 Å². The predicted molar refractivity (Wildman–Crippen MR) is 140 cm³/mol. The molecule has 7 rings (SSSR count). The zero-order chi connectivity index (χ0) is 25.3. The first kappa shape index (κ1) is 23.0. The van der Waals surface area contributed by atoms with Gasteiger partial charge in [0.05, 0.1) is 5.69 Å². The van der Waals surface area contributed by atoms with Crippen molar-refractivity contribution in [2.24, 2.45) is 10.8 Å². The maximum atomic E-state index is 11.6. The van der Waals surface area contributed by atoms with Crippen LogP contribution in [0.2, 0.25) is 0 Å². The lowest BCUT2D eigenvalue weighted by Gasteiger charge is -2.70. The quantitative estimate of drug-likeness (QED) is 0.267. The largest absolute Gasteiger partial charge is 0.506 e. The summed E-state index contributed by atoms with van der Waals surface area (Å²) in [6.45, 7) is 4.91. The zero-order valence-electron chi connectivity index (χ0n) is 20.9. The molecular formula is C31H33NO4. The van der Waals surface area contributed by atoms with Crippen LogP contribution in [0, 0.1) is 10.8 Å². The summed E-state index contributed by atoms with van der Waals surface area (Å²) in [4.78, 5) is 11.6. The fourth-order valence-corrected chi connectivity index (χ4v) is 8.93. The molecule has 0 amide bonds. The monoisotopic (exact) mass is 483 g/mol. The highest BCUT2D eigenvalue weighted by atomic mass is 16.5. The second-order valence-electron chi connectivity index (χ2n) is 12.4. The smallest absolute Gasteiger partial charge is 0.339 e. The number of nitrogen functional groups attached to an aromatic ring is 1. The molecule has 2 unspecified atom stereocenters. The Morgan fingerprint density at radius 2 is 1.39 bits per heavy atom. The van der Waals surface area contributed by atoms with Crippen molar-refractivity contribution in [2.75, 3.05) is 5.73 Å². The molecule has 4 fully saturated rings. The van der Waals surface area contributed by atoms with E-state index in [1.165, 1.54) is 17.5 Å². The highest BCUT2D eigenvalue weighted by Gasteiger charge is 2.66. The first-order valence-corrected chi connectivity index (χ1v) is 12.7. The molecule has 0 aliphatic heterocycles. The third-order valence-electron chi connectivity index (χ3n) is 9.04. The third kappa shape index (κ3) is 3.56.